The predicted octanol–water partition coefficient (Wildman–Crippen LogP) is 2.11. The smallest absolute Gasteiger partial charge is 0.269 e. The number of hydrogen-bond acceptors (Lipinski definition) is 5. The van der Waals surface area contributed by atoms with E-state index in [2.05, 4.69) is 22.0 Å². The SMILES string of the molecule is CCCCCCc1cc(N2CCC(C=O)CC2)nnc1C(N)=O. The first-order chi connectivity index (χ1) is 11.2. The highest BCUT2D eigenvalue weighted by Gasteiger charge is 2.21. The Morgan fingerprint density at radius 1 is 1.30 bits per heavy atom. The van der Waals surface area contributed by atoms with E-state index in [1.54, 1.807) is 0 Å². The summed E-state index contributed by atoms with van der Waals surface area (Å²) in [6, 6.07) is 1.94. The second kappa shape index (κ2) is 8.60. The van der Waals surface area contributed by atoms with Gasteiger partial charge >= 0.3 is 0 Å². The Kier molecular flexibility index (Phi) is 6.50. The minimum Gasteiger partial charge on any atom is -0.364 e. The number of aromatic nitrogens is 2. The van der Waals surface area contributed by atoms with Crippen molar-refractivity contribution in [3.63, 3.8) is 0 Å². The van der Waals surface area contributed by atoms with Gasteiger partial charge in [0.1, 0.15) is 6.29 Å². The molecule has 1 amide bonds. The lowest BCUT2D eigenvalue weighted by Crippen LogP contribution is -2.35. The lowest BCUT2D eigenvalue weighted by molar-refractivity contribution is -0.111. The molecule has 1 fully saturated rings. The molecule has 0 atom stereocenters. The van der Waals surface area contributed by atoms with Gasteiger partial charge in [-0.25, -0.2) is 0 Å². The van der Waals surface area contributed by atoms with Crippen molar-refractivity contribution in [2.45, 2.75) is 51.9 Å². The maximum absolute atomic E-state index is 11.5. The molecule has 2 N–H and O–H groups in total. The maximum atomic E-state index is 11.5. The molecule has 1 aliphatic rings. The fourth-order valence-corrected chi connectivity index (χ4v) is 2.98. The average molecular weight is 318 g/mol. The van der Waals surface area contributed by atoms with Crippen LogP contribution in [0.1, 0.15) is 61.5 Å². The van der Waals surface area contributed by atoms with Crippen molar-refractivity contribution in [2.24, 2.45) is 11.7 Å². The molecule has 0 aliphatic carbocycles. The summed E-state index contributed by atoms with van der Waals surface area (Å²) in [5.74, 6) is 0.414. The number of nitrogens with zero attached hydrogens (tertiary/aromatic N) is 3. The normalized spacial score (nSPS) is 15.6. The number of piperidine rings is 1. The van der Waals surface area contributed by atoms with Crippen LogP contribution in [-0.4, -0.2) is 35.5 Å². The lowest BCUT2D eigenvalue weighted by Gasteiger charge is -2.30. The number of aryl methyl sites for hydroxylation is 1. The molecule has 1 aromatic heterocycles. The number of amides is 1. The van der Waals surface area contributed by atoms with E-state index in [-0.39, 0.29) is 11.6 Å². The molecule has 0 radical (unpaired) electrons. The van der Waals surface area contributed by atoms with Gasteiger partial charge in [-0.05, 0) is 37.3 Å². The van der Waals surface area contributed by atoms with E-state index in [1.807, 2.05) is 6.07 Å². The minimum absolute atomic E-state index is 0.151. The predicted molar refractivity (Wildman–Crippen MR) is 89.4 cm³/mol. The van der Waals surface area contributed by atoms with E-state index in [0.717, 1.165) is 62.9 Å². The Balaban J connectivity index is 2.09. The molecule has 0 unspecified atom stereocenters. The molecule has 6 nitrogen and oxygen atoms in total. The number of unbranched alkanes of at least 4 members (excludes halogenated alkanes) is 3. The molecule has 23 heavy (non-hydrogen) atoms. The summed E-state index contributed by atoms with van der Waals surface area (Å²) in [6.45, 7) is 3.76. The molecule has 1 saturated heterocycles. The number of primary amides is 1. The number of anilines is 1. The van der Waals surface area contributed by atoms with Gasteiger partial charge in [-0.15, -0.1) is 10.2 Å². The average Bonchev–Trinajstić information content (AvgIpc) is 2.58. The minimum atomic E-state index is -0.519. The van der Waals surface area contributed by atoms with E-state index < -0.39 is 5.91 Å². The zero-order chi connectivity index (χ0) is 16.7. The molecule has 0 saturated carbocycles. The summed E-state index contributed by atoms with van der Waals surface area (Å²) in [5, 5.41) is 8.22. The van der Waals surface area contributed by atoms with Crippen LogP contribution in [0.25, 0.3) is 0 Å². The molecule has 0 spiro atoms. The van der Waals surface area contributed by atoms with E-state index in [1.165, 1.54) is 12.8 Å². The summed E-state index contributed by atoms with van der Waals surface area (Å²) < 4.78 is 0. The van der Waals surface area contributed by atoms with Crippen molar-refractivity contribution in [3.05, 3.63) is 17.3 Å². The monoisotopic (exact) mass is 318 g/mol. The molecule has 0 aromatic carbocycles. The van der Waals surface area contributed by atoms with Crippen LogP contribution in [0.5, 0.6) is 0 Å². The second-order valence-corrected chi connectivity index (χ2v) is 6.21. The van der Waals surface area contributed by atoms with E-state index in [0.29, 0.717) is 0 Å². The third-order valence-electron chi connectivity index (χ3n) is 4.45. The Morgan fingerprint density at radius 2 is 2.04 bits per heavy atom. The third kappa shape index (κ3) is 4.74. The highest BCUT2D eigenvalue weighted by molar-refractivity contribution is 5.92. The first-order valence-corrected chi connectivity index (χ1v) is 8.52. The van der Waals surface area contributed by atoms with Crippen LogP contribution in [0.15, 0.2) is 6.07 Å². The number of rotatable bonds is 8. The molecule has 2 heterocycles. The van der Waals surface area contributed by atoms with Crippen molar-refractivity contribution in [1.82, 2.24) is 10.2 Å². The molecule has 6 heteroatoms. The van der Waals surface area contributed by atoms with Crippen molar-refractivity contribution >= 4 is 18.0 Å². The fraction of sp³-hybridized carbons (Fsp3) is 0.647. The summed E-state index contributed by atoms with van der Waals surface area (Å²) in [5.41, 5.74) is 6.59. The summed E-state index contributed by atoms with van der Waals surface area (Å²) in [6.07, 6.45) is 8.04. The van der Waals surface area contributed by atoms with Gasteiger partial charge in [0.25, 0.3) is 5.91 Å². The quantitative estimate of drug-likeness (QED) is 0.586. The van der Waals surface area contributed by atoms with Crippen LogP contribution in [0.4, 0.5) is 5.82 Å². The maximum Gasteiger partial charge on any atom is 0.269 e. The molecule has 1 aromatic rings. The lowest BCUT2D eigenvalue weighted by atomic mass is 9.98. The number of nitrogens with two attached hydrogens (primary N) is 1. The van der Waals surface area contributed by atoms with Crippen molar-refractivity contribution in [2.75, 3.05) is 18.0 Å². The van der Waals surface area contributed by atoms with Crippen molar-refractivity contribution < 1.29 is 9.59 Å². The van der Waals surface area contributed by atoms with Gasteiger partial charge in [-0.3, -0.25) is 4.79 Å². The second-order valence-electron chi connectivity index (χ2n) is 6.21. The Bertz CT molecular complexity index is 539. The number of carbonyl (C=O) groups excluding carboxylic acids is 2. The number of aldehydes is 1. The van der Waals surface area contributed by atoms with Gasteiger partial charge in [0, 0.05) is 19.0 Å². The van der Waals surface area contributed by atoms with Crippen molar-refractivity contribution in [1.29, 1.82) is 0 Å². The largest absolute Gasteiger partial charge is 0.364 e. The number of hydrogen-bond donors (Lipinski definition) is 1. The molecule has 126 valence electrons. The van der Waals surface area contributed by atoms with Gasteiger partial charge in [-0.2, -0.15) is 0 Å². The van der Waals surface area contributed by atoms with Crippen LogP contribution in [0, 0.1) is 5.92 Å². The molecule has 1 aliphatic heterocycles. The van der Waals surface area contributed by atoms with Crippen LogP contribution >= 0.6 is 0 Å². The molecule has 0 bridgehead atoms. The zero-order valence-corrected chi connectivity index (χ0v) is 13.8. The first kappa shape index (κ1) is 17.4. The summed E-state index contributed by atoms with van der Waals surface area (Å²) in [4.78, 5) is 24.5. The van der Waals surface area contributed by atoms with Gasteiger partial charge in [-0.1, -0.05) is 26.2 Å². The zero-order valence-electron chi connectivity index (χ0n) is 13.8. The van der Waals surface area contributed by atoms with Gasteiger partial charge < -0.3 is 15.4 Å². The third-order valence-corrected chi connectivity index (χ3v) is 4.45. The van der Waals surface area contributed by atoms with E-state index in [4.69, 9.17) is 5.73 Å². The van der Waals surface area contributed by atoms with E-state index in [9.17, 15) is 9.59 Å². The molecular weight excluding hydrogens is 292 g/mol. The summed E-state index contributed by atoms with van der Waals surface area (Å²) in [7, 11) is 0. The van der Waals surface area contributed by atoms with Crippen LogP contribution in [0.3, 0.4) is 0 Å². The van der Waals surface area contributed by atoms with Gasteiger partial charge in [0.2, 0.25) is 0 Å². The van der Waals surface area contributed by atoms with Crippen molar-refractivity contribution in [3.8, 4) is 0 Å². The molecular formula is C17H26N4O2. The Labute approximate surface area is 137 Å². The van der Waals surface area contributed by atoms with Crippen LogP contribution < -0.4 is 10.6 Å². The standard InChI is InChI=1S/C17H26N4O2/c1-2-3-4-5-6-14-11-15(19-20-16(14)17(18)23)21-9-7-13(12-22)8-10-21/h11-13H,2-10H2,1H3,(H2,18,23). The fourth-order valence-electron chi connectivity index (χ4n) is 2.98. The topological polar surface area (TPSA) is 89.2 Å². The number of carbonyl (C=O) groups is 2. The molecule has 2 rings (SSSR count). The van der Waals surface area contributed by atoms with Gasteiger partial charge in [0.05, 0.1) is 0 Å². The highest BCUT2D eigenvalue weighted by atomic mass is 16.1. The van der Waals surface area contributed by atoms with E-state index >= 15 is 0 Å². The highest BCUT2D eigenvalue weighted by Crippen LogP contribution is 2.22. The van der Waals surface area contributed by atoms with Gasteiger partial charge in [0.15, 0.2) is 11.5 Å². The summed E-state index contributed by atoms with van der Waals surface area (Å²) >= 11 is 0. The van der Waals surface area contributed by atoms with Crippen LogP contribution in [-0.2, 0) is 11.2 Å². The first-order valence-electron chi connectivity index (χ1n) is 8.52. The Morgan fingerprint density at radius 3 is 2.65 bits per heavy atom. The van der Waals surface area contributed by atoms with Crippen LogP contribution in [0.2, 0.25) is 0 Å². The Hall–Kier alpha value is -1.98.